The van der Waals surface area contributed by atoms with Gasteiger partial charge in [0.15, 0.2) is 0 Å². The van der Waals surface area contributed by atoms with Crippen LogP contribution in [0.3, 0.4) is 0 Å². The van der Waals surface area contributed by atoms with Crippen molar-refractivity contribution in [2.75, 3.05) is 12.4 Å². The quantitative estimate of drug-likeness (QED) is 0.862. The first kappa shape index (κ1) is 17.7. The van der Waals surface area contributed by atoms with Crippen LogP contribution in [0.25, 0.3) is 0 Å². The maximum atomic E-state index is 12.3. The standard InChI is InChI=1S/C15H14Cl2N2O3S/c1-9-11(16)4-3-5-13(9)19-15(20)10-6-7-12(17)14(8-10)23(21,22)18-2/h3-8,18H,1-2H3,(H,19,20). The second-order valence-electron chi connectivity index (χ2n) is 4.72. The van der Waals surface area contributed by atoms with Gasteiger partial charge in [-0.3, -0.25) is 4.79 Å². The molecule has 1 amide bonds. The van der Waals surface area contributed by atoms with Crippen molar-refractivity contribution in [1.29, 1.82) is 0 Å². The zero-order chi connectivity index (χ0) is 17.2. The number of nitrogens with one attached hydrogen (secondary N) is 2. The third-order valence-electron chi connectivity index (χ3n) is 3.27. The number of rotatable bonds is 4. The smallest absolute Gasteiger partial charge is 0.255 e. The molecule has 0 fully saturated rings. The average Bonchev–Trinajstić information content (AvgIpc) is 2.52. The van der Waals surface area contributed by atoms with Gasteiger partial charge in [0.25, 0.3) is 5.91 Å². The number of sulfonamides is 1. The molecular formula is C15H14Cl2N2O3S. The van der Waals surface area contributed by atoms with Crippen LogP contribution in [-0.4, -0.2) is 21.4 Å². The average molecular weight is 373 g/mol. The highest BCUT2D eigenvalue weighted by Crippen LogP contribution is 2.25. The first-order valence-electron chi connectivity index (χ1n) is 6.56. The van der Waals surface area contributed by atoms with Gasteiger partial charge < -0.3 is 5.32 Å². The Kier molecular flexibility index (Phi) is 5.31. The van der Waals surface area contributed by atoms with Crippen LogP contribution in [0.15, 0.2) is 41.3 Å². The van der Waals surface area contributed by atoms with E-state index in [1.807, 2.05) is 0 Å². The van der Waals surface area contributed by atoms with E-state index >= 15 is 0 Å². The minimum Gasteiger partial charge on any atom is -0.322 e. The Morgan fingerprint density at radius 1 is 1.09 bits per heavy atom. The number of hydrogen-bond acceptors (Lipinski definition) is 3. The number of amides is 1. The molecular weight excluding hydrogens is 359 g/mol. The third kappa shape index (κ3) is 3.84. The maximum absolute atomic E-state index is 12.3. The van der Waals surface area contributed by atoms with Gasteiger partial charge in [0.2, 0.25) is 10.0 Å². The largest absolute Gasteiger partial charge is 0.322 e. The second kappa shape index (κ2) is 6.88. The summed E-state index contributed by atoms with van der Waals surface area (Å²) in [7, 11) is -2.48. The molecule has 0 aromatic heterocycles. The van der Waals surface area contributed by atoms with Crippen LogP contribution in [0.1, 0.15) is 15.9 Å². The lowest BCUT2D eigenvalue weighted by atomic mass is 10.1. The molecule has 8 heteroatoms. The molecule has 2 aromatic rings. The first-order chi connectivity index (χ1) is 10.8. The molecule has 0 aliphatic heterocycles. The van der Waals surface area contributed by atoms with Crippen molar-refractivity contribution < 1.29 is 13.2 Å². The molecule has 0 saturated carbocycles. The van der Waals surface area contributed by atoms with Gasteiger partial charge in [-0.25, -0.2) is 13.1 Å². The van der Waals surface area contributed by atoms with Crippen molar-refractivity contribution in [2.45, 2.75) is 11.8 Å². The zero-order valence-electron chi connectivity index (χ0n) is 12.4. The van der Waals surface area contributed by atoms with E-state index in [0.29, 0.717) is 10.7 Å². The van der Waals surface area contributed by atoms with Crippen LogP contribution in [0.2, 0.25) is 10.0 Å². The summed E-state index contributed by atoms with van der Waals surface area (Å²) in [6, 6.07) is 9.18. The summed E-state index contributed by atoms with van der Waals surface area (Å²) in [5, 5.41) is 3.26. The molecule has 0 bridgehead atoms. The van der Waals surface area contributed by atoms with Crippen LogP contribution in [-0.2, 0) is 10.0 Å². The van der Waals surface area contributed by atoms with Crippen LogP contribution in [0.4, 0.5) is 5.69 Å². The van der Waals surface area contributed by atoms with E-state index < -0.39 is 15.9 Å². The maximum Gasteiger partial charge on any atom is 0.255 e. The Balaban J connectivity index is 2.37. The van der Waals surface area contributed by atoms with Crippen molar-refractivity contribution in [3.05, 3.63) is 57.6 Å². The van der Waals surface area contributed by atoms with Gasteiger partial charge in [-0.05, 0) is 49.9 Å². The lowest BCUT2D eigenvalue weighted by molar-refractivity contribution is 0.102. The van der Waals surface area contributed by atoms with Crippen LogP contribution in [0.5, 0.6) is 0 Å². The summed E-state index contributed by atoms with van der Waals surface area (Å²) >= 11 is 11.9. The molecule has 23 heavy (non-hydrogen) atoms. The molecule has 0 radical (unpaired) electrons. The number of carbonyl (C=O) groups is 1. The van der Waals surface area contributed by atoms with Crippen molar-refractivity contribution in [1.82, 2.24) is 4.72 Å². The summed E-state index contributed by atoms with van der Waals surface area (Å²) in [5.41, 5.74) is 1.44. The van der Waals surface area contributed by atoms with Gasteiger partial charge in [0.1, 0.15) is 4.90 Å². The monoisotopic (exact) mass is 372 g/mol. The molecule has 0 aliphatic carbocycles. The van der Waals surface area contributed by atoms with Gasteiger partial charge in [-0.1, -0.05) is 29.3 Å². The van der Waals surface area contributed by atoms with Gasteiger partial charge in [-0.2, -0.15) is 0 Å². The van der Waals surface area contributed by atoms with Crippen LogP contribution >= 0.6 is 23.2 Å². The van der Waals surface area contributed by atoms with Crippen molar-refractivity contribution in [2.24, 2.45) is 0 Å². The molecule has 5 nitrogen and oxygen atoms in total. The van der Waals surface area contributed by atoms with E-state index in [0.717, 1.165) is 5.56 Å². The predicted octanol–water partition coefficient (Wildman–Crippen LogP) is 3.46. The Labute approximate surface area is 144 Å². The molecule has 2 aromatic carbocycles. The minimum atomic E-state index is -3.76. The highest BCUT2D eigenvalue weighted by Gasteiger charge is 2.19. The third-order valence-corrected chi connectivity index (χ3v) is 5.57. The Hall–Kier alpha value is -1.60. The number of hydrogen-bond donors (Lipinski definition) is 2. The Morgan fingerprint density at radius 3 is 2.43 bits per heavy atom. The fourth-order valence-corrected chi connectivity index (χ4v) is 3.32. The van der Waals surface area contributed by atoms with E-state index in [-0.39, 0.29) is 15.5 Å². The van der Waals surface area contributed by atoms with E-state index in [1.54, 1.807) is 25.1 Å². The minimum absolute atomic E-state index is 0.0369. The summed E-state index contributed by atoms with van der Waals surface area (Å²) in [5.74, 6) is -0.459. The van der Waals surface area contributed by atoms with Crippen molar-refractivity contribution in [3.63, 3.8) is 0 Å². The number of carbonyl (C=O) groups excluding carboxylic acids is 1. The van der Waals surface area contributed by atoms with E-state index in [9.17, 15) is 13.2 Å². The molecule has 0 unspecified atom stereocenters. The van der Waals surface area contributed by atoms with Gasteiger partial charge in [0.05, 0.1) is 5.02 Å². The van der Waals surface area contributed by atoms with E-state index in [1.165, 1.54) is 25.2 Å². The number of benzene rings is 2. The number of anilines is 1. The highest BCUT2D eigenvalue weighted by atomic mass is 35.5. The molecule has 0 saturated heterocycles. The number of halogens is 2. The lowest BCUT2D eigenvalue weighted by Gasteiger charge is -2.11. The zero-order valence-corrected chi connectivity index (χ0v) is 14.7. The van der Waals surface area contributed by atoms with E-state index in [4.69, 9.17) is 23.2 Å². The predicted molar refractivity (Wildman–Crippen MR) is 91.8 cm³/mol. The molecule has 0 atom stereocenters. The first-order valence-corrected chi connectivity index (χ1v) is 8.79. The summed E-state index contributed by atoms with van der Waals surface area (Å²) < 4.78 is 26.0. The highest BCUT2D eigenvalue weighted by molar-refractivity contribution is 7.89. The Morgan fingerprint density at radius 2 is 1.78 bits per heavy atom. The van der Waals surface area contributed by atoms with Crippen molar-refractivity contribution >= 4 is 44.8 Å². The molecule has 0 heterocycles. The van der Waals surface area contributed by atoms with Gasteiger partial charge in [0, 0.05) is 16.3 Å². The fourth-order valence-electron chi connectivity index (χ4n) is 1.90. The summed E-state index contributed by atoms with van der Waals surface area (Å²) in [6.07, 6.45) is 0. The summed E-state index contributed by atoms with van der Waals surface area (Å²) in [4.78, 5) is 12.2. The summed E-state index contributed by atoms with van der Waals surface area (Å²) in [6.45, 7) is 1.77. The Bertz CT molecular complexity index is 867. The van der Waals surface area contributed by atoms with Crippen molar-refractivity contribution in [3.8, 4) is 0 Å². The van der Waals surface area contributed by atoms with Crippen LogP contribution < -0.4 is 10.0 Å². The van der Waals surface area contributed by atoms with Gasteiger partial charge >= 0.3 is 0 Å². The molecule has 122 valence electrons. The van der Waals surface area contributed by atoms with E-state index in [2.05, 4.69) is 10.0 Å². The van der Waals surface area contributed by atoms with Gasteiger partial charge in [-0.15, -0.1) is 0 Å². The second-order valence-corrected chi connectivity index (χ2v) is 7.39. The molecule has 0 spiro atoms. The fraction of sp³-hybridized carbons (Fsp3) is 0.133. The lowest BCUT2D eigenvalue weighted by Crippen LogP contribution is -2.20. The normalized spacial score (nSPS) is 11.3. The molecule has 2 N–H and O–H groups in total. The molecule has 2 rings (SSSR count). The SMILES string of the molecule is CNS(=O)(=O)c1cc(C(=O)Nc2cccc(Cl)c2C)ccc1Cl. The van der Waals surface area contributed by atoms with Crippen LogP contribution in [0, 0.1) is 6.92 Å². The topological polar surface area (TPSA) is 75.3 Å². The molecule has 0 aliphatic rings.